The van der Waals surface area contributed by atoms with Gasteiger partial charge in [-0.2, -0.15) is 0 Å². The van der Waals surface area contributed by atoms with Crippen molar-refractivity contribution in [2.75, 3.05) is 13.2 Å². The molecule has 1 atom stereocenters. The van der Waals surface area contributed by atoms with Gasteiger partial charge in [0, 0.05) is 19.3 Å². The number of ether oxygens (including phenoxy) is 3. The lowest BCUT2D eigenvalue weighted by molar-refractivity contribution is -0.167. The lowest BCUT2D eigenvalue weighted by atomic mass is 10.0. The minimum absolute atomic E-state index is 0.0836. The molecule has 61 heavy (non-hydrogen) atoms. The lowest BCUT2D eigenvalue weighted by Gasteiger charge is -2.18. The number of unbranched alkanes of at least 4 members (excludes halogenated alkanes) is 25. The highest BCUT2D eigenvalue weighted by Gasteiger charge is 2.19. The van der Waals surface area contributed by atoms with Crippen molar-refractivity contribution in [3.8, 4) is 0 Å². The summed E-state index contributed by atoms with van der Waals surface area (Å²) in [4.78, 5) is 37.9. The zero-order valence-electron chi connectivity index (χ0n) is 40.2. The first-order chi connectivity index (χ1) is 30.0. The number of hydrogen-bond acceptors (Lipinski definition) is 6. The smallest absolute Gasteiger partial charge is 0.306 e. The topological polar surface area (TPSA) is 78.9 Å². The zero-order valence-corrected chi connectivity index (χ0v) is 40.2. The summed E-state index contributed by atoms with van der Waals surface area (Å²) in [6.07, 6.45) is 60.5. The second-order valence-corrected chi connectivity index (χ2v) is 17.1. The normalized spacial score (nSPS) is 12.5. The Morgan fingerprint density at radius 3 is 1.03 bits per heavy atom. The maximum absolute atomic E-state index is 12.8. The van der Waals surface area contributed by atoms with Crippen LogP contribution in [0.15, 0.2) is 60.8 Å². The Morgan fingerprint density at radius 1 is 0.344 bits per heavy atom. The molecule has 0 aromatic heterocycles. The van der Waals surface area contributed by atoms with Gasteiger partial charge in [-0.05, 0) is 83.5 Å². The lowest BCUT2D eigenvalue weighted by Crippen LogP contribution is -2.30. The van der Waals surface area contributed by atoms with Gasteiger partial charge in [0.1, 0.15) is 13.2 Å². The van der Waals surface area contributed by atoms with Gasteiger partial charge in [0.2, 0.25) is 0 Å². The van der Waals surface area contributed by atoms with Gasteiger partial charge in [-0.3, -0.25) is 14.4 Å². The van der Waals surface area contributed by atoms with Crippen molar-refractivity contribution in [1.82, 2.24) is 0 Å². The quantitative estimate of drug-likeness (QED) is 0.0263. The van der Waals surface area contributed by atoms with Crippen LogP contribution in [-0.4, -0.2) is 37.2 Å². The van der Waals surface area contributed by atoms with Crippen LogP contribution in [0.4, 0.5) is 0 Å². The van der Waals surface area contributed by atoms with Crippen LogP contribution in [0.2, 0.25) is 0 Å². The summed E-state index contributed by atoms with van der Waals surface area (Å²) in [5.74, 6) is -0.912. The Morgan fingerprint density at radius 2 is 0.639 bits per heavy atom. The third-order valence-corrected chi connectivity index (χ3v) is 11.0. The number of carbonyl (C=O) groups excluding carboxylic acids is 3. The van der Waals surface area contributed by atoms with E-state index in [9.17, 15) is 14.4 Å². The van der Waals surface area contributed by atoms with Crippen LogP contribution in [0.5, 0.6) is 0 Å². The standard InChI is InChI=1S/C55H96O6/c1-4-7-10-13-16-19-22-25-26-27-28-31-33-36-39-42-45-48-54(57)60-51-52(61-55(58)49-46-43-40-37-34-30-24-21-18-15-12-9-6-3)50-59-53(56)47-44-41-38-35-32-29-23-20-17-14-11-8-5-2/h7,10,16,19,21,24-26,28,31,52H,4-6,8-9,11-15,17-18,20,22-23,27,29-30,32-51H2,1-3H3/b10-7-,19-16-,24-21-,26-25-,31-28-. The summed E-state index contributed by atoms with van der Waals surface area (Å²) in [5, 5.41) is 0. The molecular formula is C55H96O6. The van der Waals surface area contributed by atoms with Crippen molar-refractivity contribution in [1.29, 1.82) is 0 Å². The van der Waals surface area contributed by atoms with Crippen molar-refractivity contribution in [2.45, 2.75) is 258 Å². The van der Waals surface area contributed by atoms with E-state index < -0.39 is 6.10 Å². The molecular weight excluding hydrogens is 757 g/mol. The van der Waals surface area contributed by atoms with Crippen LogP contribution in [0, 0.1) is 0 Å². The van der Waals surface area contributed by atoms with E-state index >= 15 is 0 Å². The third-order valence-electron chi connectivity index (χ3n) is 11.0. The molecule has 0 aromatic rings. The van der Waals surface area contributed by atoms with E-state index in [1.807, 2.05) is 0 Å². The molecule has 6 nitrogen and oxygen atoms in total. The van der Waals surface area contributed by atoms with E-state index in [-0.39, 0.29) is 31.1 Å². The van der Waals surface area contributed by atoms with E-state index in [1.54, 1.807) is 0 Å². The molecule has 0 N–H and O–H groups in total. The average molecular weight is 853 g/mol. The molecule has 0 heterocycles. The van der Waals surface area contributed by atoms with Gasteiger partial charge in [0.05, 0.1) is 0 Å². The Kier molecular flexibility index (Phi) is 47.4. The number of allylic oxidation sites excluding steroid dienone is 10. The van der Waals surface area contributed by atoms with Gasteiger partial charge < -0.3 is 14.2 Å². The van der Waals surface area contributed by atoms with Crippen molar-refractivity contribution in [3.63, 3.8) is 0 Å². The number of hydrogen-bond donors (Lipinski definition) is 0. The third kappa shape index (κ3) is 48.0. The first-order valence-electron chi connectivity index (χ1n) is 25.8. The highest BCUT2D eigenvalue weighted by Crippen LogP contribution is 2.15. The van der Waals surface area contributed by atoms with Crippen molar-refractivity contribution < 1.29 is 28.6 Å². The van der Waals surface area contributed by atoms with Crippen LogP contribution in [-0.2, 0) is 28.6 Å². The summed E-state index contributed by atoms with van der Waals surface area (Å²) in [6.45, 7) is 6.49. The van der Waals surface area contributed by atoms with Crippen LogP contribution < -0.4 is 0 Å². The zero-order chi connectivity index (χ0) is 44.4. The van der Waals surface area contributed by atoms with E-state index in [0.29, 0.717) is 19.3 Å². The second kappa shape index (κ2) is 49.8. The molecule has 1 unspecified atom stereocenters. The Bertz CT molecular complexity index is 1120. The fraction of sp³-hybridized carbons (Fsp3) is 0.764. The number of rotatable bonds is 46. The summed E-state index contributed by atoms with van der Waals surface area (Å²) < 4.78 is 16.8. The summed E-state index contributed by atoms with van der Waals surface area (Å²) >= 11 is 0. The fourth-order valence-corrected chi connectivity index (χ4v) is 7.13. The molecule has 0 aromatic carbocycles. The van der Waals surface area contributed by atoms with Crippen molar-refractivity contribution >= 4 is 17.9 Å². The molecule has 0 radical (unpaired) electrons. The summed E-state index contributed by atoms with van der Waals surface area (Å²) in [5.41, 5.74) is 0. The van der Waals surface area contributed by atoms with Gasteiger partial charge in [0.25, 0.3) is 0 Å². The van der Waals surface area contributed by atoms with Crippen molar-refractivity contribution in [2.24, 2.45) is 0 Å². The monoisotopic (exact) mass is 853 g/mol. The molecule has 0 aliphatic carbocycles. The van der Waals surface area contributed by atoms with Crippen LogP contribution in [0.25, 0.3) is 0 Å². The molecule has 0 aliphatic heterocycles. The molecule has 0 saturated heterocycles. The Balaban J connectivity index is 4.41. The predicted molar refractivity (Wildman–Crippen MR) is 261 cm³/mol. The number of esters is 3. The molecule has 0 rings (SSSR count). The molecule has 0 spiro atoms. The van der Waals surface area contributed by atoms with Crippen molar-refractivity contribution in [3.05, 3.63) is 60.8 Å². The number of carbonyl (C=O) groups is 3. The first-order valence-corrected chi connectivity index (χ1v) is 25.8. The van der Waals surface area contributed by atoms with Crippen LogP contribution in [0.3, 0.4) is 0 Å². The Hall–Kier alpha value is -2.89. The molecule has 0 aliphatic rings. The first kappa shape index (κ1) is 58.1. The van der Waals surface area contributed by atoms with Gasteiger partial charge in [-0.25, -0.2) is 0 Å². The largest absolute Gasteiger partial charge is 0.462 e. The minimum Gasteiger partial charge on any atom is -0.462 e. The van der Waals surface area contributed by atoms with Crippen LogP contribution in [0.1, 0.15) is 252 Å². The van der Waals surface area contributed by atoms with E-state index in [4.69, 9.17) is 14.2 Å². The highest BCUT2D eigenvalue weighted by molar-refractivity contribution is 5.71. The molecule has 0 saturated carbocycles. The molecule has 6 heteroatoms. The Labute approximate surface area is 377 Å². The molecule has 0 bridgehead atoms. The SMILES string of the molecule is CC/C=C\C/C=C\C/C=C\C/C=C\CCCCCCC(=O)OCC(COC(=O)CCCCCCCCCCCCCCC)OC(=O)CCCCCCC/C=C\CCCCCC. The molecule has 0 fully saturated rings. The molecule has 352 valence electrons. The van der Waals surface area contributed by atoms with E-state index in [2.05, 4.69) is 81.5 Å². The van der Waals surface area contributed by atoms with Gasteiger partial charge in [-0.15, -0.1) is 0 Å². The summed E-state index contributed by atoms with van der Waals surface area (Å²) in [7, 11) is 0. The summed E-state index contributed by atoms with van der Waals surface area (Å²) in [6, 6.07) is 0. The minimum atomic E-state index is -0.785. The fourth-order valence-electron chi connectivity index (χ4n) is 7.13. The highest BCUT2D eigenvalue weighted by atomic mass is 16.6. The van der Waals surface area contributed by atoms with Gasteiger partial charge in [0.15, 0.2) is 6.10 Å². The van der Waals surface area contributed by atoms with E-state index in [0.717, 1.165) is 109 Å². The van der Waals surface area contributed by atoms with Crippen LogP contribution >= 0.6 is 0 Å². The maximum Gasteiger partial charge on any atom is 0.306 e. The van der Waals surface area contributed by atoms with Gasteiger partial charge >= 0.3 is 17.9 Å². The second-order valence-electron chi connectivity index (χ2n) is 17.1. The van der Waals surface area contributed by atoms with E-state index in [1.165, 1.54) is 103 Å². The maximum atomic E-state index is 12.8. The van der Waals surface area contributed by atoms with Gasteiger partial charge in [-0.1, -0.05) is 210 Å². The average Bonchev–Trinajstić information content (AvgIpc) is 3.26. The molecule has 0 amide bonds. The predicted octanol–water partition coefficient (Wildman–Crippen LogP) is 16.9.